The Labute approximate surface area is 110 Å². The van der Waals surface area contributed by atoms with Gasteiger partial charge in [-0.15, -0.1) is 11.3 Å². The van der Waals surface area contributed by atoms with Crippen LogP contribution < -0.4 is 10.5 Å². The van der Waals surface area contributed by atoms with Gasteiger partial charge in [-0.25, -0.2) is 22.0 Å². The molecule has 1 atom stereocenters. The number of hydrogen-bond donors (Lipinski definition) is 2. The molecule has 2 heterocycles. The number of nitrogens with one attached hydrogen (secondary N) is 1. The zero-order valence-electron chi connectivity index (χ0n) is 9.71. The molecule has 0 saturated heterocycles. The summed E-state index contributed by atoms with van der Waals surface area (Å²) in [5.41, 5.74) is 0.525. The molecule has 6 nitrogen and oxygen atoms in total. The van der Waals surface area contributed by atoms with Gasteiger partial charge in [0.1, 0.15) is 8.42 Å². The molecule has 9 heteroatoms. The van der Waals surface area contributed by atoms with Gasteiger partial charge in [0, 0.05) is 11.6 Å². The second kappa shape index (κ2) is 4.57. The first-order valence-electron chi connectivity index (χ1n) is 5.38. The first kappa shape index (κ1) is 13.9. The normalized spacial score (nSPS) is 22.7. The molecule has 102 valence electrons. The number of thiophene rings is 1. The molecule has 2 rings (SSSR count). The molecule has 1 aliphatic rings. The summed E-state index contributed by atoms with van der Waals surface area (Å²) < 4.78 is 46.5. The largest absolute Gasteiger partial charge is 0.310 e. The number of fused-ring (bicyclic) bond motifs is 1. The SMILES string of the molecule is CCNC1CCS(=O)(=O)c2sc(S(N)(=O)=O)cc21. The van der Waals surface area contributed by atoms with Gasteiger partial charge in [-0.05, 0) is 19.0 Å². The van der Waals surface area contributed by atoms with Gasteiger partial charge >= 0.3 is 0 Å². The van der Waals surface area contributed by atoms with Gasteiger partial charge in [-0.2, -0.15) is 0 Å². The minimum Gasteiger partial charge on any atom is -0.310 e. The molecular weight excluding hydrogens is 296 g/mol. The van der Waals surface area contributed by atoms with Crippen LogP contribution in [-0.2, 0) is 19.9 Å². The minimum absolute atomic E-state index is 0.0300. The number of sulfone groups is 1. The van der Waals surface area contributed by atoms with Crippen LogP contribution >= 0.6 is 11.3 Å². The zero-order chi connectivity index (χ0) is 13.6. The Morgan fingerprint density at radius 1 is 1.56 bits per heavy atom. The number of primary sulfonamides is 1. The van der Waals surface area contributed by atoms with Crippen molar-refractivity contribution < 1.29 is 16.8 Å². The summed E-state index contributed by atoms with van der Waals surface area (Å²) in [7, 11) is -7.23. The van der Waals surface area contributed by atoms with Crippen LogP contribution in [0.5, 0.6) is 0 Å². The summed E-state index contributed by atoms with van der Waals surface area (Å²) in [6, 6.07) is 1.25. The lowest BCUT2D eigenvalue weighted by Gasteiger charge is -2.22. The van der Waals surface area contributed by atoms with Gasteiger partial charge in [0.2, 0.25) is 10.0 Å². The van der Waals surface area contributed by atoms with E-state index in [1.807, 2.05) is 6.92 Å². The van der Waals surface area contributed by atoms with Crippen LogP contribution in [0.4, 0.5) is 0 Å². The maximum absolute atomic E-state index is 11.9. The summed E-state index contributed by atoms with van der Waals surface area (Å²) in [4.78, 5) is 0. The highest BCUT2D eigenvalue weighted by molar-refractivity contribution is 7.95. The molecule has 0 saturated carbocycles. The molecular formula is C9H14N2O4S3. The van der Waals surface area contributed by atoms with Crippen LogP contribution in [0.1, 0.15) is 24.9 Å². The maximum Gasteiger partial charge on any atom is 0.247 e. The van der Waals surface area contributed by atoms with Crippen LogP contribution in [-0.4, -0.2) is 29.1 Å². The summed E-state index contributed by atoms with van der Waals surface area (Å²) in [5.74, 6) is 0.0300. The Hall–Kier alpha value is -0.480. The smallest absolute Gasteiger partial charge is 0.247 e. The highest BCUT2D eigenvalue weighted by Gasteiger charge is 2.34. The van der Waals surface area contributed by atoms with Crippen molar-refractivity contribution in [3.05, 3.63) is 11.6 Å². The van der Waals surface area contributed by atoms with Crippen molar-refractivity contribution in [3.63, 3.8) is 0 Å². The summed E-state index contributed by atoms with van der Waals surface area (Å²) in [5, 5.41) is 8.19. The van der Waals surface area contributed by atoms with Crippen molar-refractivity contribution in [2.45, 2.75) is 27.8 Å². The first-order valence-corrected chi connectivity index (χ1v) is 9.40. The van der Waals surface area contributed by atoms with E-state index in [-0.39, 0.29) is 20.2 Å². The highest BCUT2D eigenvalue weighted by atomic mass is 32.3. The van der Waals surface area contributed by atoms with Crippen LogP contribution in [0.3, 0.4) is 0 Å². The van der Waals surface area contributed by atoms with Crippen LogP contribution in [0.25, 0.3) is 0 Å². The third-order valence-corrected chi connectivity index (χ3v) is 7.72. The molecule has 0 fully saturated rings. The molecule has 0 amide bonds. The fourth-order valence-electron chi connectivity index (χ4n) is 1.97. The van der Waals surface area contributed by atoms with Gasteiger partial charge in [-0.3, -0.25) is 0 Å². The molecule has 0 aromatic carbocycles. The standard InChI is InChI=1S/C9H14N2O4S3/c1-2-11-7-3-4-17(12,13)9-6(7)5-8(16-9)18(10,14)15/h5,7,11H,2-4H2,1H3,(H2,10,14,15). The zero-order valence-corrected chi connectivity index (χ0v) is 12.2. The Morgan fingerprint density at radius 2 is 2.22 bits per heavy atom. The van der Waals surface area contributed by atoms with Crippen molar-refractivity contribution in [1.82, 2.24) is 5.32 Å². The molecule has 0 spiro atoms. The topological polar surface area (TPSA) is 106 Å². The van der Waals surface area contributed by atoms with Crippen molar-refractivity contribution in [3.8, 4) is 0 Å². The first-order chi connectivity index (χ1) is 8.25. The summed E-state index contributed by atoms with van der Waals surface area (Å²) >= 11 is 0.738. The van der Waals surface area contributed by atoms with Crippen LogP contribution in [0.15, 0.2) is 14.5 Å². The molecule has 0 aliphatic carbocycles. The second-order valence-electron chi connectivity index (χ2n) is 4.07. The van der Waals surface area contributed by atoms with Crippen molar-refractivity contribution >= 4 is 31.2 Å². The molecule has 1 aromatic heterocycles. The molecule has 1 unspecified atom stereocenters. The fraction of sp³-hybridized carbons (Fsp3) is 0.556. The average Bonchev–Trinajstić information content (AvgIpc) is 2.68. The van der Waals surface area contributed by atoms with Crippen LogP contribution in [0.2, 0.25) is 0 Å². The van der Waals surface area contributed by atoms with E-state index in [0.717, 1.165) is 11.3 Å². The predicted molar refractivity (Wildman–Crippen MR) is 68.8 cm³/mol. The maximum atomic E-state index is 11.9. The third-order valence-electron chi connectivity index (χ3n) is 2.77. The van der Waals surface area contributed by atoms with E-state index in [2.05, 4.69) is 5.32 Å². The van der Waals surface area contributed by atoms with Gasteiger partial charge in [-0.1, -0.05) is 6.92 Å². The lowest BCUT2D eigenvalue weighted by atomic mass is 10.1. The van der Waals surface area contributed by atoms with Gasteiger partial charge < -0.3 is 5.32 Å². The number of hydrogen-bond acceptors (Lipinski definition) is 6. The Morgan fingerprint density at radius 3 is 2.78 bits per heavy atom. The quantitative estimate of drug-likeness (QED) is 0.831. The number of rotatable bonds is 3. The molecule has 0 bridgehead atoms. The molecule has 1 aliphatic heterocycles. The van der Waals surface area contributed by atoms with Gasteiger partial charge in [0.25, 0.3) is 0 Å². The number of nitrogens with two attached hydrogens (primary N) is 1. The van der Waals surface area contributed by atoms with Crippen molar-refractivity contribution in [2.75, 3.05) is 12.3 Å². The molecule has 0 radical (unpaired) electrons. The third kappa shape index (κ3) is 2.45. The van der Waals surface area contributed by atoms with E-state index in [1.165, 1.54) is 6.07 Å². The Balaban J connectivity index is 2.60. The van der Waals surface area contributed by atoms with Crippen molar-refractivity contribution in [1.29, 1.82) is 0 Å². The average molecular weight is 310 g/mol. The van der Waals surface area contributed by atoms with E-state index in [1.54, 1.807) is 0 Å². The van der Waals surface area contributed by atoms with E-state index < -0.39 is 19.9 Å². The van der Waals surface area contributed by atoms with E-state index >= 15 is 0 Å². The minimum atomic E-state index is -3.86. The van der Waals surface area contributed by atoms with E-state index in [9.17, 15) is 16.8 Å². The number of sulfonamides is 1. The van der Waals surface area contributed by atoms with Gasteiger partial charge in [0.15, 0.2) is 9.84 Å². The predicted octanol–water partition coefficient (Wildman–Crippen LogP) is 0.224. The van der Waals surface area contributed by atoms with Gasteiger partial charge in [0.05, 0.1) is 5.75 Å². The molecule has 3 N–H and O–H groups in total. The van der Waals surface area contributed by atoms with E-state index in [0.29, 0.717) is 18.5 Å². The Kier molecular flexibility index (Phi) is 3.54. The lowest BCUT2D eigenvalue weighted by Crippen LogP contribution is -2.28. The van der Waals surface area contributed by atoms with Crippen molar-refractivity contribution in [2.24, 2.45) is 5.14 Å². The Bertz CT molecular complexity index is 660. The summed E-state index contributed by atoms with van der Waals surface area (Å²) in [6.07, 6.45) is 0.448. The highest BCUT2D eigenvalue weighted by Crippen LogP contribution is 2.39. The molecule has 1 aromatic rings. The van der Waals surface area contributed by atoms with E-state index in [4.69, 9.17) is 5.14 Å². The van der Waals surface area contributed by atoms with Crippen LogP contribution in [0, 0.1) is 0 Å². The fourth-order valence-corrected chi connectivity index (χ4v) is 6.14. The second-order valence-corrected chi connectivity index (χ2v) is 9.22. The monoisotopic (exact) mass is 310 g/mol. The molecule has 18 heavy (non-hydrogen) atoms. The lowest BCUT2D eigenvalue weighted by molar-refractivity contribution is 0.509. The summed E-state index contributed by atoms with van der Waals surface area (Å²) in [6.45, 7) is 2.60.